The summed E-state index contributed by atoms with van der Waals surface area (Å²) in [5.41, 5.74) is 4.74. The second kappa shape index (κ2) is 8.20. The highest BCUT2D eigenvalue weighted by molar-refractivity contribution is 14.1. The normalized spacial score (nSPS) is 35.1. The minimum atomic E-state index is 0.529. The Bertz CT molecular complexity index is 685. The molecule has 6 atom stereocenters. The summed E-state index contributed by atoms with van der Waals surface area (Å²) < 4.78 is 0.869. The summed E-state index contributed by atoms with van der Waals surface area (Å²) in [7, 11) is 0. The smallest absolute Gasteiger partial charge is 0.0115 e. The average molecular weight is 460 g/mol. The summed E-state index contributed by atoms with van der Waals surface area (Å²) in [6.07, 6.45) is 19.4. The number of fused-ring (bicyclic) bond motifs is 3. The molecule has 0 bridgehead atoms. The lowest BCUT2D eigenvalue weighted by atomic mass is 9.70. The number of benzene rings is 1. The summed E-state index contributed by atoms with van der Waals surface area (Å²) in [4.78, 5) is 0. The quantitative estimate of drug-likeness (QED) is 0.248. The first-order valence-corrected chi connectivity index (χ1v) is 12.0. The predicted octanol–water partition coefficient (Wildman–Crippen LogP) is 7.58. The van der Waals surface area contributed by atoms with Gasteiger partial charge in [-0.05, 0) is 85.3 Å². The molecule has 3 aliphatic carbocycles. The second-order valence-electron chi connectivity index (χ2n) is 9.01. The SMILES string of the molecule is CC(/C=C\C1CC(I)CCC1C)c1ccc2c(c1)CCC1CCC=CC21. The van der Waals surface area contributed by atoms with E-state index in [2.05, 4.69) is 78.9 Å². The molecule has 0 aromatic heterocycles. The lowest BCUT2D eigenvalue weighted by Gasteiger charge is -2.34. The Morgan fingerprint density at radius 2 is 2.04 bits per heavy atom. The lowest BCUT2D eigenvalue weighted by molar-refractivity contribution is 0.318. The average Bonchev–Trinajstić information content (AvgIpc) is 2.67. The van der Waals surface area contributed by atoms with Crippen LogP contribution in [-0.2, 0) is 6.42 Å². The number of hydrogen-bond donors (Lipinski definition) is 0. The van der Waals surface area contributed by atoms with E-state index >= 15 is 0 Å². The Hall–Kier alpha value is -0.570. The highest BCUT2D eigenvalue weighted by atomic mass is 127. The molecule has 0 nitrogen and oxygen atoms in total. The number of hydrogen-bond acceptors (Lipinski definition) is 0. The van der Waals surface area contributed by atoms with Crippen LogP contribution in [0.15, 0.2) is 42.5 Å². The van der Waals surface area contributed by atoms with Crippen LogP contribution < -0.4 is 0 Å². The molecule has 0 aliphatic heterocycles. The molecule has 6 unspecified atom stereocenters. The third-order valence-electron chi connectivity index (χ3n) is 7.23. The maximum Gasteiger partial charge on any atom is 0.0115 e. The lowest BCUT2D eigenvalue weighted by Crippen LogP contribution is -2.22. The summed E-state index contributed by atoms with van der Waals surface area (Å²) in [5.74, 6) is 3.74. The van der Waals surface area contributed by atoms with Gasteiger partial charge in [0.05, 0.1) is 0 Å². The zero-order valence-corrected chi connectivity index (χ0v) is 18.5. The zero-order valence-electron chi connectivity index (χ0n) is 16.3. The minimum Gasteiger partial charge on any atom is -0.0879 e. The molecule has 4 rings (SSSR count). The van der Waals surface area contributed by atoms with E-state index in [9.17, 15) is 0 Å². The monoisotopic (exact) mass is 460 g/mol. The molecule has 0 spiro atoms. The highest BCUT2D eigenvalue weighted by Gasteiger charge is 2.29. The summed E-state index contributed by atoms with van der Waals surface area (Å²) >= 11 is 2.65. The third kappa shape index (κ3) is 3.98. The molecule has 1 aromatic carbocycles. The van der Waals surface area contributed by atoms with E-state index in [1.54, 1.807) is 11.1 Å². The van der Waals surface area contributed by atoms with Gasteiger partial charge in [0.25, 0.3) is 0 Å². The molecule has 1 heteroatoms. The first kappa shape index (κ1) is 18.8. The molecule has 0 heterocycles. The topological polar surface area (TPSA) is 0 Å². The standard InChI is InChI=1S/C25H33I/c1-17(7-9-21-16-23(26)13-8-18(21)2)20-12-14-25-22(15-20)11-10-19-5-3-4-6-24(19)25/h4,6-7,9,12,14-15,17-19,21,23-24H,3,5,8,10-11,13,16H2,1-2H3/b9-7-. The van der Waals surface area contributed by atoms with Crippen LogP contribution in [0.2, 0.25) is 0 Å². The molecule has 26 heavy (non-hydrogen) atoms. The first-order valence-electron chi connectivity index (χ1n) is 10.7. The Labute approximate surface area is 173 Å². The van der Waals surface area contributed by atoms with Crippen molar-refractivity contribution < 1.29 is 0 Å². The molecule has 1 fully saturated rings. The van der Waals surface area contributed by atoms with Crippen molar-refractivity contribution in [2.45, 2.75) is 74.6 Å². The van der Waals surface area contributed by atoms with E-state index in [4.69, 9.17) is 0 Å². The van der Waals surface area contributed by atoms with Crippen molar-refractivity contribution in [3.8, 4) is 0 Å². The molecule has 0 saturated heterocycles. The third-order valence-corrected chi connectivity index (χ3v) is 8.36. The van der Waals surface area contributed by atoms with Crippen molar-refractivity contribution in [2.24, 2.45) is 17.8 Å². The minimum absolute atomic E-state index is 0.529. The van der Waals surface area contributed by atoms with Crippen LogP contribution in [0.5, 0.6) is 0 Å². The van der Waals surface area contributed by atoms with Crippen molar-refractivity contribution >= 4 is 22.6 Å². The van der Waals surface area contributed by atoms with E-state index in [1.165, 1.54) is 50.5 Å². The Morgan fingerprint density at radius 1 is 1.15 bits per heavy atom. The molecule has 0 N–H and O–H groups in total. The highest BCUT2D eigenvalue weighted by Crippen LogP contribution is 2.43. The van der Waals surface area contributed by atoms with Gasteiger partial charge >= 0.3 is 0 Å². The fourth-order valence-corrected chi connectivity index (χ4v) is 6.30. The van der Waals surface area contributed by atoms with Gasteiger partial charge in [0.2, 0.25) is 0 Å². The zero-order chi connectivity index (χ0) is 18.1. The van der Waals surface area contributed by atoms with Gasteiger partial charge in [-0.1, -0.05) is 78.9 Å². The maximum atomic E-state index is 2.65. The molecule has 3 aliphatic rings. The fourth-order valence-electron chi connectivity index (χ4n) is 5.35. The van der Waals surface area contributed by atoms with E-state index in [0.717, 1.165) is 21.7 Å². The van der Waals surface area contributed by atoms with Crippen LogP contribution in [0.4, 0.5) is 0 Å². The van der Waals surface area contributed by atoms with Gasteiger partial charge in [0.1, 0.15) is 0 Å². The largest absolute Gasteiger partial charge is 0.0879 e. The second-order valence-corrected chi connectivity index (χ2v) is 10.8. The molecule has 1 saturated carbocycles. The Balaban J connectivity index is 1.49. The number of alkyl halides is 1. The van der Waals surface area contributed by atoms with Crippen LogP contribution >= 0.6 is 22.6 Å². The summed E-state index contributed by atoms with van der Waals surface area (Å²) in [6.45, 7) is 4.81. The van der Waals surface area contributed by atoms with Crippen molar-refractivity contribution in [3.05, 3.63) is 59.2 Å². The van der Waals surface area contributed by atoms with Gasteiger partial charge in [0.15, 0.2) is 0 Å². The van der Waals surface area contributed by atoms with Gasteiger partial charge in [-0.2, -0.15) is 0 Å². The van der Waals surface area contributed by atoms with Gasteiger partial charge in [-0.3, -0.25) is 0 Å². The van der Waals surface area contributed by atoms with Crippen LogP contribution in [0.1, 0.15) is 80.9 Å². The molecule has 1 aromatic rings. The van der Waals surface area contributed by atoms with Gasteiger partial charge in [-0.15, -0.1) is 0 Å². The Morgan fingerprint density at radius 3 is 2.92 bits per heavy atom. The number of halogens is 1. The van der Waals surface area contributed by atoms with E-state index < -0.39 is 0 Å². The van der Waals surface area contributed by atoms with Crippen molar-refractivity contribution in [3.63, 3.8) is 0 Å². The Kier molecular flexibility index (Phi) is 5.93. The molecule has 0 amide bonds. The van der Waals surface area contributed by atoms with Crippen LogP contribution in [0, 0.1) is 17.8 Å². The summed E-state index contributed by atoms with van der Waals surface area (Å²) in [5, 5.41) is 0. The first-order chi connectivity index (χ1) is 12.6. The van der Waals surface area contributed by atoms with Crippen molar-refractivity contribution in [1.82, 2.24) is 0 Å². The van der Waals surface area contributed by atoms with Crippen molar-refractivity contribution in [1.29, 1.82) is 0 Å². The number of rotatable bonds is 3. The maximum absolute atomic E-state index is 2.65. The fraction of sp³-hybridized carbons (Fsp3) is 0.600. The van der Waals surface area contributed by atoms with Crippen molar-refractivity contribution in [2.75, 3.05) is 0 Å². The molecule has 0 radical (unpaired) electrons. The number of aryl methyl sites for hydroxylation is 1. The number of allylic oxidation sites excluding steroid dienone is 4. The van der Waals surface area contributed by atoms with Crippen LogP contribution in [0.25, 0.3) is 0 Å². The molecule has 140 valence electrons. The van der Waals surface area contributed by atoms with Crippen LogP contribution in [-0.4, -0.2) is 3.92 Å². The van der Waals surface area contributed by atoms with Gasteiger partial charge in [-0.25, -0.2) is 0 Å². The van der Waals surface area contributed by atoms with Gasteiger partial charge < -0.3 is 0 Å². The van der Waals surface area contributed by atoms with E-state index in [0.29, 0.717) is 11.8 Å². The van der Waals surface area contributed by atoms with E-state index in [1.807, 2.05) is 0 Å². The van der Waals surface area contributed by atoms with Crippen LogP contribution in [0.3, 0.4) is 0 Å². The molecular formula is C25H33I. The summed E-state index contributed by atoms with van der Waals surface area (Å²) in [6, 6.07) is 7.38. The van der Waals surface area contributed by atoms with Gasteiger partial charge in [0, 0.05) is 9.84 Å². The van der Waals surface area contributed by atoms with E-state index in [-0.39, 0.29) is 0 Å². The predicted molar refractivity (Wildman–Crippen MR) is 121 cm³/mol. The molecular weight excluding hydrogens is 427 g/mol.